The molecule has 120 valence electrons. The molecule has 0 saturated heterocycles. The van der Waals surface area contributed by atoms with Gasteiger partial charge in [0, 0.05) is 11.8 Å². The zero-order valence-corrected chi connectivity index (χ0v) is 13.2. The van der Waals surface area contributed by atoms with Crippen LogP contribution in [0.15, 0.2) is 12.3 Å². The number of nitrogen functional groups attached to an aromatic ring is 1. The summed E-state index contributed by atoms with van der Waals surface area (Å²) in [4.78, 5) is 8.33. The molecule has 2 aromatic rings. The van der Waals surface area contributed by atoms with Crippen LogP contribution in [0.5, 0.6) is 11.9 Å². The Balaban J connectivity index is 1.69. The molecule has 2 heterocycles. The lowest BCUT2D eigenvalue weighted by Crippen LogP contribution is -2.03. The standard InChI is InChI=1S/C16H19N5O2/c1-22-15-12(7-18-16(19-15)23-2)13-6-11(14(17)21-20-13)10-5-9(10)8-3-4-8/h6-10H,3-5H2,1-2H3,(H2,17,21). The van der Waals surface area contributed by atoms with Gasteiger partial charge in [0.05, 0.1) is 19.8 Å². The van der Waals surface area contributed by atoms with Crippen LogP contribution in [0.4, 0.5) is 5.82 Å². The summed E-state index contributed by atoms with van der Waals surface area (Å²) >= 11 is 0. The largest absolute Gasteiger partial charge is 0.480 e. The normalized spacial score (nSPS) is 22.7. The number of ether oxygens (including phenoxy) is 2. The Morgan fingerprint density at radius 3 is 2.70 bits per heavy atom. The predicted molar refractivity (Wildman–Crippen MR) is 84.1 cm³/mol. The first-order valence-corrected chi connectivity index (χ1v) is 7.79. The summed E-state index contributed by atoms with van der Waals surface area (Å²) in [5.41, 5.74) is 8.50. The van der Waals surface area contributed by atoms with E-state index in [9.17, 15) is 0 Å². The average Bonchev–Trinajstić information content (AvgIpc) is 3.47. The molecule has 0 bridgehead atoms. The Hall–Kier alpha value is -2.44. The first-order chi connectivity index (χ1) is 11.2. The van der Waals surface area contributed by atoms with Crippen molar-refractivity contribution in [2.24, 2.45) is 11.8 Å². The molecule has 7 heteroatoms. The van der Waals surface area contributed by atoms with Crippen LogP contribution in [0.3, 0.4) is 0 Å². The molecule has 2 N–H and O–H groups in total. The van der Waals surface area contributed by atoms with Crippen LogP contribution < -0.4 is 15.2 Å². The topological polar surface area (TPSA) is 96.0 Å². The molecule has 0 spiro atoms. The smallest absolute Gasteiger partial charge is 0.319 e. The monoisotopic (exact) mass is 313 g/mol. The number of nitrogens with two attached hydrogens (primary N) is 1. The lowest BCUT2D eigenvalue weighted by molar-refractivity contribution is 0.353. The highest BCUT2D eigenvalue weighted by Crippen LogP contribution is 2.60. The number of hydrogen-bond donors (Lipinski definition) is 1. The maximum atomic E-state index is 6.05. The third-order valence-corrected chi connectivity index (χ3v) is 4.70. The van der Waals surface area contributed by atoms with Gasteiger partial charge < -0.3 is 15.2 Å². The second-order valence-corrected chi connectivity index (χ2v) is 6.19. The van der Waals surface area contributed by atoms with Crippen molar-refractivity contribution < 1.29 is 9.47 Å². The fourth-order valence-electron chi connectivity index (χ4n) is 3.24. The number of anilines is 1. The second kappa shape index (κ2) is 5.33. The molecule has 0 amide bonds. The van der Waals surface area contributed by atoms with Gasteiger partial charge in [-0.1, -0.05) is 0 Å². The fourth-order valence-corrected chi connectivity index (χ4v) is 3.24. The highest BCUT2D eigenvalue weighted by molar-refractivity contribution is 5.66. The summed E-state index contributed by atoms with van der Waals surface area (Å²) in [5.74, 6) is 3.10. The summed E-state index contributed by atoms with van der Waals surface area (Å²) in [6.07, 6.45) is 5.55. The molecule has 0 aromatic carbocycles. The minimum atomic E-state index is 0.255. The number of nitrogens with zero attached hydrogens (tertiary/aromatic N) is 4. The van der Waals surface area contributed by atoms with E-state index in [1.807, 2.05) is 6.07 Å². The van der Waals surface area contributed by atoms with Crippen LogP contribution in [-0.2, 0) is 0 Å². The van der Waals surface area contributed by atoms with Gasteiger partial charge in [-0.05, 0) is 43.1 Å². The first kappa shape index (κ1) is 14.2. The molecule has 2 atom stereocenters. The van der Waals surface area contributed by atoms with Crippen LogP contribution in [-0.4, -0.2) is 34.4 Å². The molecule has 2 aliphatic carbocycles. The lowest BCUT2D eigenvalue weighted by atomic mass is 10.1. The molecule has 0 radical (unpaired) electrons. The van der Waals surface area contributed by atoms with Gasteiger partial charge in [0.15, 0.2) is 0 Å². The molecular weight excluding hydrogens is 294 g/mol. The van der Waals surface area contributed by atoms with Gasteiger partial charge in [0.1, 0.15) is 11.5 Å². The van der Waals surface area contributed by atoms with E-state index >= 15 is 0 Å². The molecule has 2 aromatic heterocycles. The maximum Gasteiger partial charge on any atom is 0.319 e. The van der Waals surface area contributed by atoms with Crippen molar-refractivity contribution in [3.05, 3.63) is 17.8 Å². The highest BCUT2D eigenvalue weighted by Gasteiger charge is 2.49. The summed E-state index contributed by atoms with van der Waals surface area (Å²) < 4.78 is 10.4. The Bertz CT molecular complexity index is 747. The molecule has 2 fully saturated rings. The molecule has 0 aliphatic heterocycles. The molecule has 4 rings (SSSR count). The van der Waals surface area contributed by atoms with Gasteiger partial charge >= 0.3 is 6.01 Å². The van der Waals surface area contributed by atoms with Crippen molar-refractivity contribution in [3.8, 4) is 23.1 Å². The van der Waals surface area contributed by atoms with Crippen molar-refractivity contribution in [3.63, 3.8) is 0 Å². The summed E-state index contributed by atoms with van der Waals surface area (Å²) in [5, 5.41) is 8.33. The van der Waals surface area contributed by atoms with E-state index in [0.29, 0.717) is 28.9 Å². The van der Waals surface area contributed by atoms with E-state index in [4.69, 9.17) is 15.2 Å². The van der Waals surface area contributed by atoms with Crippen molar-refractivity contribution in [2.45, 2.75) is 25.2 Å². The Morgan fingerprint density at radius 2 is 2.00 bits per heavy atom. The Labute approximate surface area is 134 Å². The Morgan fingerprint density at radius 1 is 1.17 bits per heavy atom. The van der Waals surface area contributed by atoms with E-state index in [-0.39, 0.29) is 6.01 Å². The van der Waals surface area contributed by atoms with Crippen molar-refractivity contribution in [1.82, 2.24) is 20.2 Å². The number of aromatic nitrogens is 4. The fraction of sp³-hybridized carbons (Fsp3) is 0.500. The summed E-state index contributed by atoms with van der Waals surface area (Å²) in [7, 11) is 3.07. The molecule has 23 heavy (non-hydrogen) atoms. The van der Waals surface area contributed by atoms with E-state index < -0.39 is 0 Å². The summed E-state index contributed by atoms with van der Waals surface area (Å²) in [6.45, 7) is 0. The van der Waals surface area contributed by atoms with Crippen LogP contribution in [0.25, 0.3) is 11.3 Å². The minimum Gasteiger partial charge on any atom is -0.480 e. The molecule has 2 aliphatic rings. The number of hydrogen-bond acceptors (Lipinski definition) is 7. The van der Waals surface area contributed by atoms with E-state index in [1.165, 1.54) is 26.4 Å². The second-order valence-electron chi connectivity index (χ2n) is 6.19. The molecule has 2 saturated carbocycles. The van der Waals surface area contributed by atoms with Crippen molar-refractivity contribution in [1.29, 1.82) is 0 Å². The molecule has 2 unspecified atom stereocenters. The van der Waals surface area contributed by atoms with Gasteiger partial charge in [0.25, 0.3) is 0 Å². The van der Waals surface area contributed by atoms with Crippen molar-refractivity contribution in [2.75, 3.05) is 20.0 Å². The quantitative estimate of drug-likeness (QED) is 0.902. The van der Waals surface area contributed by atoms with Crippen LogP contribution in [0, 0.1) is 11.8 Å². The van der Waals surface area contributed by atoms with Crippen LogP contribution in [0.2, 0.25) is 0 Å². The van der Waals surface area contributed by atoms with Crippen molar-refractivity contribution >= 4 is 5.82 Å². The average molecular weight is 313 g/mol. The SMILES string of the molecule is COc1ncc(-c2cc(C3CC3C3CC3)c(N)nn2)c(OC)n1. The van der Waals surface area contributed by atoms with E-state index in [1.54, 1.807) is 13.3 Å². The lowest BCUT2D eigenvalue weighted by Gasteiger charge is -2.10. The number of rotatable bonds is 5. The predicted octanol–water partition coefficient (Wildman–Crippen LogP) is 2.05. The van der Waals surface area contributed by atoms with Gasteiger partial charge in [-0.2, -0.15) is 4.98 Å². The van der Waals surface area contributed by atoms with Gasteiger partial charge in [-0.15, -0.1) is 10.2 Å². The third kappa shape index (κ3) is 2.56. The Kier molecular flexibility index (Phi) is 3.28. The zero-order valence-electron chi connectivity index (χ0n) is 13.2. The zero-order chi connectivity index (χ0) is 16.0. The van der Waals surface area contributed by atoms with E-state index in [0.717, 1.165) is 17.4 Å². The van der Waals surface area contributed by atoms with Crippen LogP contribution >= 0.6 is 0 Å². The minimum absolute atomic E-state index is 0.255. The van der Waals surface area contributed by atoms with Gasteiger partial charge in [-0.25, -0.2) is 4.98 Å². The molecular formula is C16H19N5O2. The first-order valence-electron chi connectivity index (χ1n) is 7.79. The van der Waals surface area contributed by atoms with Gasteiger partial charge in [0.2, 0.25) is 5.88 Å². The third-order valence-electron chi connectivity index (χ3n) is 4.70. The maximum absolute atomic E-state index is 6.05. The highest BCUT2D eigenvalue weighted by atomic mass is 16.5. The number of methoxy groups -OCH3 is 2. The van der Waals surface area contributed by atoms with Gasteiger partial charge in [-0.3, -0.25) is 0 Å². The molecule has 7 nitrogen and oxygen atoms in total. The van der Waals surface area contributed by atoms with E-state index in [2.05, 4.69) is 20.2 Å². The van der Waals surface area contributed by atoms with Crippen LogP contribution in [0.1, 0.15) is 30.7 Å². The summed E-state index contributed by atoms with van der Waals surface area (Å²) in [6, 6.07) is 2.26.